The van der Waals surface area contributed by atoms with E-state index in [0.29, 0.717) is 24.3 Å². The Morgan fingerprint density at radius 1 is 1.15 bits per heavy atom. The molecule has 4 atom stereocenters. The van der Waals surface area contributed by atoms with Crippen molar-refractivity contribution in [2.45, 2.75) is 70.9 Å². The number of amides is 1. The maximum Gasteiger partial charge on any atom is 0.220 e. The van der Waals surface area contributed by atoms with Crippen molar-refractivity contribution in [1.29, 1.82) is 0 Å². The quantitative estimate of drug-likeness (QED) is 0.826. The van der Waals surface area contributed by atoms with Gasteiger partial charge in [0.25, 0.3) is 0 Å². The van der Waals surface area contributed by atoms with Gasteiger partial charge in [-0.05, 0) is 56.6 Å². The van der Waals surface area contributed by atoms with Gasteiger partial charge in [0.2, 0.25) is 5.91 Å². The molecule has 0 spiro atoms. The molecule has 1 N–H and O–H groups in total. The second-order valence-corrected chi connectivity index (χ2v) is 8.40. The second kappa shape index (κ2) is 7.87. The summed E-state index contributed by atoms with van der Waals surface area (Å²) in [5, 5.41) is 7.89. The number of nitrogens with zero attached hydrogens (tertiary/aromatic N) is 2. The topological polar surface area (TPSA) is 46.9 Å². The normalized spacial score (nSPS) is 26.9. The highest BCUT2D eigenvalue weighted by Crippen LogP contribution is 2.54. The minimum atomic E-state index is 0.200. The van der Waals surface area contributed by atoms with Gasteiger partial charge >= 0.3 is 0 Å². The zero-order valence-electron chi connectivity index (χ0n) is 16.5. The third kappa shape index (κ3) is 3.80. The number of aromatic nitrogens is 2. The van der Waals surface area contributed by atoms with Crippen LogP contribution in [0, 0.1) is 25.7 Å². The summed E-state index contributed by atoms with van der Waals surface area (Å²) in [4.78, 5) is 12.6. The Kier molecular flexibility index (Phi) is 5.33. The highest BCUT2D eigenvalue weighted by atomic mass is 16.1. The highest BCUT2D eigenvalue weighted by molar-refractivity contribution is 5.76. The van der Waals surface area contributed by atoms with Crippen molar-refractivity contribution in [3.05, 3.63) is 53.3 Å². The summed E-state index contributed by atoms with van der Waals surface area (Å²) >= 11 is 0. The first kappa shape index (κ1) is 18.3. The summed E-state index contributed by atoms with van der Waals surface area (Å²) < 4.78 is 2.01. The predicted molar refractivity (Wildman–Crippen MR) is 107 cm³/mol. The largest absolute Gasteiger partial charge is 0.352 e. The molecule has 1 aromatic carbocycles. The van der Waals surface area contributed by atoms with Crippen molar-refractivity contribution in [2.75, 3.05) is 0 Å². The van der Waals surface area contributed by atoms with Gasteiger partial charge < -0.3 is 5.32 Å². The van der Waals surface area contributed by atoms with E-state index in [-0.39, 0.29) is 5.91 Å². The number of rotatable bonds is 6. The fraction of sp³-hybridized carbons (Fsp3) is 0.565. The molecule has 27 heavy (non-hydrogen) atoms. The highest BCUT2D eigenvalue weighted by Gasteiger charge is 2.51. The van der Waals surface area contributed by atoms with Gasteiger partial charge in [0.05, 0.1) is 5.69 Å². The number of fused-ring (bicyclic) bond motifs is 1. The van der Waals surface area contributed by atoms with Crippen molar-refractivity contribution in [1.82, 2.24) is 15.1 Å². The first-order valence-electron chi connectivity index (χ1n) is 10.5. The van der Waals surface area contributed by atoms with E-state index in [1.54, 1.807) is 0 Å². The molecule has 2 aliphatic carbocycles. The molecule has 0 bridgehead atoms. The minimum absolute atomic E-state index is 0.200. The van der Waals surface area contributed by atoms with Crippen LogP contribution in [-0.2, 0) is 11.3 Å². The van der Waals surface area contributed by atoms with Gasteiger partial charge in [0.1, 0.15) is 0 Å². The van der Waals surface area contributed by atoms with Crippen LogP contribution in [0.15, 0.2) is 36.4 Å². The number of hydrogen-bond acceptors (Lipinski definition) is 2. The summed E-state index contributed by atoms with van der Waals surface area (Å²) in [6.07, 6.45) is 6.65. The standard InChI is InChI=1S/C23H31N3O/c1-16-15-17(2)26(25-16)14-8-13-21(27)24-23-20-12-7-6-11-19(20)22(23)18-9-4-3-5-10-18/h3-5,9-10,15,19-20,22-23H,6-8,11-14H2,1-2H3,(H,24,27)/t19-,20-,22-,23-/m0/s1. The summed E-state index contributed by atoms with van der Waals surface area (Å²) in [6.45, 7) is 4.89. The molecule has 0 unspecified atom stereocenters. The van der Waals surface area contributed by atoms with E-state index in [1.165, 1.54) is 36.9 Å². The zero-order chi connectivity index (χ0) is 18.8. The summed E-state index contributed by atoms with van der Waals surface area (Å²) in [5.74, 6) is 2.12. The molecule has 4 nitrogen and oxygen atoms in total. The average molecular weight is 366 g/mol. The summed E-state index contributed by atoms with van der Waals surface area (Å²) in [5.41, 5.74) is 3.61. The molecule has 1 aromatic heterocycles. The van der Waals surface area contributed by atoms with Crippen molar-refractivity contribution in [3.63, 3.8) is 0 Å². The van der Waals surface area contributed by atoms with Gasteiger partial charge in [0, 0.05) is 30.6 Å². The van der Waals surface area contributed by atoms with E-state index < -0.39 is 0 Å². The van der Waals surface area contributed by atoms with Crippen molar-refractivity contribution < 1.29 is 4.79 Å². The van der Waals surface area contributed by atoms with Crippen LogP contribution in [-0.4, -0.2) is 21.7 Å². The summed E-state index contributed by atoms with van der Waals surface area (Å²) in [6, 6.07) is 13.2. The number of carbonyl (C=O) groups excluding carboxylic acids is 1. The second-order valence-electron chi connectivity index (χ2n) is 8.40. The van der Waals surface area contributed by atoms with Crippen LogP contribution in [0.5, 0.6) is 0 Å². The van der Waals surface area contributed by atoms with Crippen LogP contribution < -0.4 is 5.32 Å². The molecule has 0 saturated heterocycles. The van der Waals surface area contributed by atoms with Crippen LogP contribution >= 0.6 is 0 Å². The minimum Gasteiger partial charge on any atom is -0.352 e. The lowest BCUT2D eigenvalue weighted by atomic mass is 9.53. The van der Waals surface area contributed by atoms with Gasteiger partial charge in [-0.1, -0.05) is 43.2 Å². The maximum absolute atomic E-state index is 12.6. The average Bonchev–Trinajstić information content (AvgIpc) is 2.98. The van der Waals surface area contributed by atoms with Gasteiger partial charge in [-0.25, -0.2) is 0 Å². The monoisotopic (exact) mass is 365 g/mol. The molecular weight excluding hydrogens is 334 g/mol. The molecule has 4 rings (SSSR count). The lowest BCUT2D eigenvalue weighted by molar-refractivity contribution is -0.125. The third-order valence-corrected chi connectivity index (χ3v) is 6.57. The SMILES string of the molecule is Cc1cc(C)n(CCCC(=O)N[C@H]2[C@H]3CCCC[C@@H]3[C@@H]2c2ccccc2)n1. The molecule has 144 valence electrons. The molecule has 4 heteroatoms. The zero-order valence-corrected chi connectivity index (χ0v) is 16.5. The van der Waals surface area contributed by atoms with Crippen LogP contribution in [0.25, 0.3) is 0 Å². The van der Waals surface area contributed by atoms with Crippen LogP contribution in [0.1, 0.15) is 61.4 Å². The molecule has 1 amide bonds. The number of carbonyl (C=O) groups is 1. The molecule has 0 radical (unpaired) electrons. The van der Waals surface area contributed by atoms with E-state index in [2.05, 4.69) is 53.7 Å². The van der Waals surface area contributed by atoms with E-state index in [9.17, 15) is 4.79 Å². The van der Waals surface area contributed by atoms with Crippen LogP contribution in [0.4, 0.5) is 0 Å². The van der Waals surface area contributed by atoms with E-state index >= 15 is 0 Å². The Labute approximate surface area is 162 Å². The first-order valence-corrected chi connectivity index (χ1v) is 10.5. The number of nitrogens with one attached hydrogen (secondary N) is 1. The van der Waals surface area contributed by atoms with E-state index in [0.717, 1.165) is 24.6 Å². The lowest BCUT2D eigenvalue weighted by Gasteiger charge is -2.55. The Morgan fingerprint density at radius 2 is 1.89 bits per heavy atom. The van der Waals surface area contributed by atoms with Gasteiger partial charge in [-0.3, -0.25) is 9.48 Å². The Balaban J connectivity index is 1.35. The molecule has 0 aliphatic heterocycles. The first-order chi connectivity index (χ1) is 13.1. The van der Waals surface area contributed by atoms with Crippen molar-refractivity contribution >= 4 is 5.91 Å². The molecule has 2 fully saturated rings. The van der Waals surface area contributed by atoms with Crippen molar-refractivity contribution in [2.24, 2.45) is 11.8 Å². The lowest BCUT2D eigenvalue weighted by Crippen LogP contribution is -2.59. The number of aryl methyl sites for hydroxylation is 3. The Hall–Kier alpha value is -2.10. The Bertz CT molecular complexity index is 782. The predicted octanol–water partition coefficient (Wildman–Crippen LogP) is 4.37. The van der Waals surface area contributed by atoms with Gasteiger partial charge in [-0.15, -0.1) is 0 Å². The smallest absolute Gasteiger partial charge is 0.220 e. The maximum atomic E-state index is 12.6. The number of hydrogen-bond donors (Lipinski definition) is 1. The fourth-order valence-corrected chi connectivity index (χ4v) is 5.34. The van der Waals surface area contributed by atoms with Gasteiger partial charge in [-0.2, -0.15) is 5.10 Å². The number of benzene rings is 1. The van der Waals surface area contributed by atoms with Crippen LogP contribution in [0.2, 0.25) is 0 Å². The third-order valence-electron chi connectivity index (χ3n) is 6.57. The van der Waals surface area contributed by atoms with E-state index in [4.69, 9.17) is 0 Å². The fourth-order valence-electron chi connectivity index (χ4n) is 5.34. The van der Waals surface area contributed by atoms with Crippen LogP contribution in [0.3, 0.4) is 0 Å². The molecule has 2 aliphatic rings. The molecule has 2 aromatic rings. The van der Waals surface area contributed by atoms with Gasteiger partial charge in [0.15, 0.2) is 0 Å². The Morgan fingerprint density at radius 3 is 2.59 bits per heavy atom. The van der Waals surface area contributed by atoms with E-state index in [1.807, 2.05) is 11.6 Å². The molecule has 1 heterocycles. The molecule has 2 saturated carbocycles. The molecular formula is C23H31N3O. The van der Waals surface area contributed by atoms with Crippen molar-refractivity contribution in [3.8, 4) is 0 Å². The summed E-state index contributed by atoms with van der Waals surface area (Å²) in [7, 11) is 0.